The van der Waals surface area contributed by atoms with E-state index in [-0.39, 0.29) is 0 Å². The molecule has 0 saturated carbocycles. The first-order valence-electron chi connectivity index (χ1n) is 13.7. The highest BCUT2D eigenvalue weighted by molar-refractivity contribution is 7.19. The van der Waals surface area contributed by atoms with Gasteiger partial charge in [-0.3, -0.25) is 0 Å². The minimum atomic E-state index is 0.396. The molecule has 0 unspecified atom stereocenters. The Labute approximate surface area is 232 Å². The summed E-state index contributed by atoms with van der Waals surface area (Å²) in [6.45, 7) is 18.1. The van der Waals surface area contributed by atoms with E-state index in [9.17, 15) is 0 Å². The molecule has 1 radical (unpaired) electrons. The molecule has 5 aromatic rings. The lowest BCUT2D eigenvalue weighted by Gasteiger charge is -2.28. The molecule has 38 heavy (non-hydrogen) atoms. The van der Waals surface area contributed by atoms with Crippen molar-refractivity contribution in [3.8, 4) is 11.3 Å². The molecule has 2 aromatic heterocycles. The summed E-state index contributed by atoms with van der Waals surface area (Å²) in [5, 5.41) is 1.29. The van der Waals surface area contributed by atoms with Crippen LogP contribution in [0.2, 0.25) is 0 Å². The first-order chi connectivity index (χ1) is 18.1. The topological polar surface area (TPSA) is 17.8 Å². The Kier molecular flexibility index (Phi) is 7.09. The van der Waals surface area contributed by atoms with Crippen molar-refractivity contribution in [1.29, 1.82) is 0 Å². The normalized spacial score (nSPS) is 12.0. The number of aryl methyl sites for hydroxylation is 5. The van der Waals surface area contributed by atoms with Gasteiger partial charge >= 0.3 is 0 Å². The molecule has 3 heteroatoms. The van der Waals surface area contributed by atoms with Crippen LogP contribution in [-0.4, -0.2) is 9.55 Å². The summed E-state index contributed by atoms with van der Waals surface area (Å²) >= 11 is 1.85. The SMILES string of the molecule is Cc1cc(C)c([C](c2c(C(C)C)cccc2C(C)C)c2nc(-c3c(C)sc4ccccc34)cn2C)c(C)c1. The van der Waals surface area contributed by atoms with Crippen LogP contribution >= 0.6 is 11.3 Å². The molecule has 0 aliphatic carbocycles. The van der Waals surface area contributed by atoms with Gasteiger partial charge in [-0.05, 0) is 79.0 Å². The summed E-state index contributed by atoms with van der Waals surface area (Å²) in [4.78, 5) is 6.77. The van der Waals surface area contributed by atoms with Gasteiger partial charge in [0, 0.05) is 33.8 Å². The van der Waals surface area contributed by atoms with Gasteiger partial charge in [0.25, 0.3) is 0 Å². The summed E-state index contributed by atoms with van der Waals surface area (Å²) in [7, 11) is 2.15. The van der Waals surface area contributed by atoms with Gasteiger partial charge < -0.3 is 4.57 Å². The molecule has 0 fully saturated rings. The van der Waals surface area contributed by atoms with E-state index in [0.29, 0.717) is 11.8 Å². The molecule has 2 heterocycles. The highest BCUT2D eigenvalue weighted by Gasteiger charge is 2.32. The maximum absolute atomic E-state index is 5.45. The molecule has 2 nitrogen and oxygen atoms in total. The summed E-state index contributed by atoms with van der Waals surface area (Å²) in [5.74, 6) is 3.07. The zero-order valence-electron chi connectivity index (χ0n) is 24.2. The van der Waals surface area contributed by atoms with Crippen molar-refractivity contribution in [2.24, 2.45) is 7.05 Å². The van der Waals surface area contributed by atoms with E-state index in [1.807, 2.05) is 11.3 Å². The molecule has 5 rings (SSSR count). The Morgan fingerprint density at radius 1 is 0.789 bits per heavy atom. The lowest BCUT2D eigenvalue weighted by Crippen LogP contribution is -2.18. The van der Waals surface area contributed by atoms with Crippen molar-refractivity contribution in [2.45, 2.75) is 67.2 Å². The van der Waals surface area contributed by atoms with Crippen LogP contribution in [0.4, 0.5) is 0 Å². The van der Waals surface area contributed by atoms with E-state index < -0.39 is 0 Å². The van der Waals surface area contributed by atoms with Crippen LogP contribution in [0.25, 0.3) is 21.3 Å². The Morgan fingerprint density at radius 3 is 2.00 bits per heavy atom. The van der Waals surface area contributed by atoms with E-state index >= 15 is 0 Å². The number of fused-ring (bicyclic) bond motifs is 1. The summed E-state index contributed by atoms with van der Waals surface area (Å²) in [6.07, 6.45) is 2.22. The predicted octanol–water partition coefficient (Wildman–Crippen LogP) is 9.80. The van der Waals surface area contributed by atoms with Gasteiger partial charge in [0.1, 0.15) is 11.7 Å². The Hall–Kier alpha value is -3.17. The second kappa shape index (κ2) is 10.2. The van der Waals surface area contributed by atoms with Gasteiger partial charge in [-0.2, -0.15) is 0 Å². The van der Waals surface area contributed by atoms with Crippen LogP contribution in [0.3, 0.4) is 0 Å². The maximum atomic E-state index is 5.45. The van der Waals surface area contributed by atoms with Crippen LogP contribution in [0.15, 0.2) is 60.8 Å². The standard InChI is InChI=1S/C35H39N2S/c1-20(2)26-14-12-15-27(21(3)4)33(26)34(31-23(6)17-22(5)18-24(31)7)35-36-29(19-37(35)9)32-25(8)38-30-16-11-10-13-28(30)32/h10-21H,1-9H3. The second-order valence-corrected chi connectivity index (χ2v) is 12.6. The third kappa shape index (κ3) is 4.52. The summed E-state index contributed by atoms with van der Waals surface area (Å²) in [5.41, 5.74) is 11.6. The molecule has 0 atom stereocenters. The molecule has 0 aliphatic rings. The maximum Gasteiger partial charge on any atom is 0.126 e. The average molecular weight is 520 g/mol. The molecular weight excluding hydrogens is 480 g/mol. The molecule has 0 spiro atoms. The first kappa shape index (κ1) is 26.4. The third-order valence-corrected chi connectivity index (χ3v) is 8.76. The molecule has 0 bridgehead atoms. The monoisotopic (exact) mass is 519 g/mol. The van der Waals surface area contributed by atoms with Crippen LogP contribution in [0.5, 0.6) is 0 Å². The zero-order valence-corrected chi connectivity index (χ0v) is 25.0. The fraction of sp³-hybridized carbons (Fsp3) is 0.314. The average Bonchev–Trinajstić information content (AvgIpc) is 3.38. The molecule has 0 N–H and O–H groups in total. The highest BCUT2D eigenvalue weighted by atomic mass is 32.1. The van der Waals surface area contributed by atoms with Gasteiger partial charge in [0.15, 0.2) is 0 Å². The zero-order chi connectivity index (χ0) is 27.3. The number of nitrogens with zero attached hydrogens (tertiary/aromatic N) is 2. The van der Waals surface area contributed by atoms with Crippen molar-refractivity contribution in [2.75, 3.05) is 0 Å². The van der Waals surface area contributed by atoms with E-state index in [4.69, 9.17) is 4.98 Å². The summed E-state index contributed by atoms with van der Waals surface area (Å²) in [6, 6.07) is 20.2. The van der Waals surface area contributed by atoms with Crippen LogP contribution in [0.1, 0.15) is 89.2 Å². The van der Waals surface area contributed by atoms with E-state index in [2.05, 4.69) is 128 Å². The Balaban J connectivity index is 1.85. The van der Waals surface area contributed by atoms with Crippen molar-refractivity contribution < 1.29 is 0 Å². The number of hydrogen-bond acceptors (Lipinski definition) is 2. The number of benzene rings is 3. The van der Waals surface area contributed by atoms with Gasteiger partial charge in [-0.25, -0.2) is 4.98 Å². The minimum absolute atomic E-state index is 0.396. The van der Waals surface area contributed by atoms with Crippen molar-refractivity contribution >= 4 is 21.4 Å². The second-order valence-electron chi connectivity index (χ2n) is 11.4. The number of thiophene rings is 1. The number of rotatable bonds is 6. The fourth-order valence-corrected chi connectivity index (χ4v) is 7.14. The predicted molar refractivity (Wildman–Crippen MR) is 165 cm³/mol. The smallest absolute Gasteiger partial charge is 0.126 e. The largest absolute Gasteiger partial charge is 0.336 e. The molecule has 0 aliphatic heterocycles. The van der Waals surface area contributed by atoms with Crippen LogP contribution in [-0.2, 0) is 7.05 Å². The molecule has 0 amide bonds. The van der Waals surface area contributed by atoms with Crippen molar-refractivity contribution in [3.05, 3.63) is 116 Å². The lowest BCUT2D eigenvalue weighted by molar-refractivity contribution is 0.790. The molecule has 195 valence electrons. The van der Waals surface area contributed by atoms with E-state index in [1.54, 1.807) is 0 Å². The Bertz CT molecular complexity index is 1580. The molecular formula is C35H39N2S. The van der Waals surface area contributed by atoms with E-state index in [1.165, 1.54) is 65.4 Å². The number of imidazole rings is 1. The highest BCUT2D eigenvalue weighted by Crippen LogP contribution is 2.44. The van der Waals surface area contributed by atoms with E-state index in [0.717, 1.165) is 11.5 Å². The number of hydrogen-bond donors (Lipinski definition) is 0. The third-order valence-electron chi connectivity index (χ3n) is 7.68. The van der Waals surface area contributed by atoms with Crippen molar-refractivity contribution in [3.63, 3.8) is 0 Å². The number of aromatic nitrogens is 2. The quantitative estimate of drug-likeness (QED) is 0.218. The lowest BCUT2D eigenvalue weighted by atomic mass is 9.76. The molecule has 3 aromatic carbocycles. The first-order valence-corrected chi connectivity index (χ1v) is 14.5. The molecule has 0 saturated heterocycles. The fourth-order valence-electron chi connectivity index (χ4n) is 6.07. The van der Waals surface area contributed by atoms with Crippen molar-refractivity contribution in [1.82, 2.24) is 9.55 Å². The summed E-state index contributed by atoms with van der Waals surface area (Å²) < 4.78 is 3.56. The van der Waals surface area contributed by atoms with Gasteiger partial charge in [0.2, 0.25) is 0 Å². The van der Waals surface area contributed by atoms with Gasteiger partial charge in [-0.15, -0.1) is 11.3 Å². The van der Waals surface area contributed by atoms with Gasteiger partial charge in [-0.1, -0.05) is 81.8 Å². The van der Waals surface area contributed by atoms with Crippen LogP contribution in [0, 0.1) is 33.6 Å². The minimum Gasteiger partial charge on any atom is -0.336 e. The van der Waals surface area contributed by atoms with Gasteiger partial charge in [0.05, 0.1) is 5.69 Å². The Morgan fingerprint density at radius 2 is 1.39 bits per heavy atom. The van der Waals surface area contributed by atoms with Crippen LogP contribution < -0.4 is 0 Å².